The molecule has 0 heterocycles. The summed E-state index contributed by atoms with van der Waals surface area (Å²) in [6.45, 7) is 0.880. The number of carbonyl (C=O) groups is 2. The Morgan fingerprint density at radius 3 is 1.98 bits per heavy atom. The number of carboxylic acid groups (broad SMARTS) is 1. The van der Waals surface area contributed by atoms with Crippen molar-refractivity contribution < 1.29 is 33.6 Å². The molecular formula is C33H33NO7. The van der Waals surface area contributed by atoms with E-state index >= 15 is 0 Å². The number of rotatable bonds is 13. The number of aryl methyl sites for hydroxylation is 1. The summed E-state index contributed by atoms with van der Waals surface area (Å²) in [6, 6.07) is 27.2. The highest BCUT2D eigenvalue weighted by Crippen LogP contribution is 2.38. The van der Waals surface area contributed by atoms with Crippen molar-refractivity contribution >= 4 is 11.9 Å². The molecule has 0 atom stereocenters. The molecule has 0 aromatic heterocycles. The number of amides is 1. The van der Waals surface area contributed by atoms with E-state index in [0.29, 0.717) is 41.7 Å². The predicted molar refractivity (Wildman–Crippen MR) is 156 cm³/mol. The minimum atomic E-state index is -1.06. The number of methoxy groups -OCH3 is 3. The van der Waals surface area contributed by atoms with E-state index in [4.69, 9.17) is 18.9 Å². The molecule has 0 unspecified atom stereocenters. The van der Waals surface area contributed by atoms with Crippen molar-refractivity contribution in [2.24, 2.45) is 0 Å². The smallest absolute Gasteiger partial charge is 0.339 e. The van der Waals surface area contributed by atoms with Crippen LogP contribution in [0.5, 0.6) is 28.7 Å². The Hall–Kier alpha value is -4.98. The summed E-state index contributed by atoms with van der Waals surface area (Å²) < 4.78 is 22.2. The summed E-state index contributed by atoms with van der Waals surface area (Å²) in [5.74, 6) is 0.746. The molecule has 0 saturated heterocycles. The summed E-state index contributed by atoms with van der Waals surface area (Å²) in [5.41, 5.74) is 2.60. The van der Waals surface area contributed by atoms with Gasteiger partial charge < -0.3 is 29.0 Å². The summed E-state index contributed by atoms with van der Waals surface area (Å²) in [7, 11) is 4.55. The number of benzene rings is 4. The lowest BCUT2D eigenvalue weighted by Crippen LogP contribution is -2.32. The van der Waals surface area contributed by atoms with Crippen LogP contribution < -0.4 is 18.9 Å². The molecule has 0 radical (unpaired) electrons. The largest absolute Gasteiger partial charge is 0.493 e. The van der Waals surface area contributed by atoms with Crippen LogP contribution in [-0.2, 0) is 13.0 Å². The molecule has 212 valence electrons. The average molecular weight is 556 g/mol. The number of ether oxygens (including phenoxy) is 4. The van der Waals surface area contributed by atoms with Crippen LogP contribution in [0.15, 0.2) is 91.0 Å². The van der Waals surface area contributed by atoms with Gasteiger partial charge in [0, 0.05) is 18.7 Å². The zero-order valence-electron chi connectivity index (χ0n) is 23.3. The Labute approximate surface area is 239 Å². The molecule has 8 heteroatoms. The third-order valence-electron chi connectivity index (χ3n) is 6.58. The Morgan fingerprint density at radius 2 is 1.37 bits per heavy atom. The fraction of sp³-hybridized carbons (Fsp3) is 0.212. The first-order valence-corrected chi connectivity index (χ1v) is 13.2. The first kappa shape index (κ1) is 29.0. The minimum absolute atomic E-state index is 0.0807. The first-order valence-electron chi connectivity index (χ1n) is 13.2. The predicted octanol–water partition coefficient (Wildman–Crippen LogP) is 6.48. The molecule has 4 aromatic rings. The molecule has 0 bridgehead atoms. The van der Waals surface area contributed by atoms with Crippen LogP contribution in [0.3, 0.4) is 0 Å². The normalized spacial score (nSPS) is 10.5. The quantitative estimate of drug-likeness (QED) is 0.202. The monoisotopic (exact) mass is 555 g/mol. The van der Waals surface area contributed by atoms with Gasteiger partial charge in [0.05, 0.1) is 21.3 Å². The zero-order chi connectivity index (χ0) is 29.2. The summed E-state index contributed by atoms with van der Waals surface area (Å²) in [4.78, 5) is 27.1. The maximum atomic E-state index is 13.8. The van der Waals surface area contributed by atoms with Crippen LogP contribution in [0, 0.1) is 0 Å². The average Bonchev–Trinajstić information content (AvgIpc) is 3.01. The number of nitrogens with zero attached hydrogens (tertiary/aromatic N) is 1. The van der Waals surface area contributed by atoms with Crippen molar-refractivity contribution in [2.75, 3.05) is 27.9 Å². The number of carboxylic acids is 1. The van der Waals surface area contributed by atoms with E-state index in [1.807, 2.05) is 30.3 Å². The zero-order valence-corrected chi connectivity index (χ0v) is 23.3. The van der Waals surface area contributed by atoms with Crippen molar-refractivity contribution in [3.8, 4) is 28.7 Å². The standard InChI is InChI=1S/C33H33NO7/c1-38-29-20-25(21-30(39-2)31(29)40-3)32(35)34(19-9-12-23-10-5-4-6-11-23)22-24-15-17-26(18-16-24)41-28-14-8-7-13-27(28)33(36)37/h4-8,10-11,13-18,20-21H,9,12,19,22H2,1-3H3,(H,36,37). The summed E-state index contributed by atoms with van der Waals surface area (Å²) in [6.07, 6.45) is 1.60. The lowest BCUT2D eigenvalue weighted by molar-refractivity contribution is 0.0692. The fourth-order valence-corrected chi connectivity index (χ4v) is 4.50. The Morgan fingerprint density at radius 1 is 0.732 bits per heavy atom. The topological polar surface area (TPSA) is 94.5 Å². The molecule has 4 aromatic carbocycles. The van der Waals surface area contributed by atoms with Crippen molar-refractivity contribution in [1.82, 2.24) is 4.90 Å². The van der Waals surface area contributed by atoms with E-state index in [0.717, 1.165) is 18.4 Å². The highest BCUT2D eigenvalue weighted by molar-refractivity contribution is 5.95. The highest BCUT2D eigenvalue weighted by Gasteiger charge is 2.22. The maximum absolute atomic E-state index is 13.8. The molecule has 0 spiro atoms. The van der Waals surface area contributed by atoms with Gasteiger partial charge in [-0.1, -0.05) is 54.6 Å². The molecule has 1 amide bonds. The van der Waals surface area contributed by atoms with E-state index in [1.165, 1.54) is 33.0 Å². The Kier molecular flexibility index (Phi) is 9.83. The first-order chi connectivity index (χ1) is 19.9. The van der Waals surface area contributed by atoms with Crippen LogP contribution in [0.25, 0.3) is 0 Å². The molecule has 1 N–H and O–H groups in total. The number of aromatic carboxylic acids is 1. The SMILES string of the molecule is COc1cc(C(=O)N(CCCc2ccccc2)Cc2ccc(Oc3ccccc3C(=O)O)cc2)cc(OC)c1OC. The molecule has 8 nitrogen and oxygen atoms in total. The van der Waals surface area contributed by atoms with Gasteiger partial charge in [0.1, 0.15) is 17.1 Å². The van der Waals surface area contributed by atoms with E-state index < -0.39 is 5.97 Å². The molecular weight excluding hydrogens is 522 g/mol. The van der Waals surface area contributed by atoms with Crippen molar-refractivity contribution in [1.29, 1.82) is 0 Å². The number of hydrogen-bond donors (Lipinski definition) is 1. The summed E-state index contributed by atoms with van der Waals surface area (Å²) in [5, 5.41) is 9.43. The van der Waals surface area contributed by atoms with Gasteiger partial charge in [-0.15, -0.1) is 0 Å². The Bertz CT molecular complexity index is 1440. The molecule has 4 rings (SSSR count). The number of carbonyl (C=O) groups excluding carboxylic acids is 1. The third-order valence-corrected chi connectivity index (χ3v) is 6.58. The van der Waals surface area contributed by atoms with Gasteiger partial charge in [0.25, 0.3) is 5.91 Å². The third kappa shape index (κ3) is 7.36. The van der Waals surface area contributed by atoms with Gasteiger partial charge in [0.15, 0.2) is 11.5 Å². The molecule has 0 aliphatic heterocycles. The van der Waals surface area contributed by atoms with Crippen LogP contribution >= 0.6 is 0 Å². The van der Waals surface area contributed by atoms with E-state index in [9.17, 15) is 14.7 Å². The number of para-hydroxylation sites is 1. The fourth-order valence-electron chi connectivity index (χ4n) is 4.50. The van der Waals surface area contributed by atoms with Crippen LogP contribution in [0.2, 0.25) is 0 Å². The van der Waals surface area contributed by atoms with Gasteiger partial charge in [-0.2, -0.15) is 0 Å². The second-order valence-electron chi connectivity index (χ2n) is 9.28. The van der Waals surface area contributed by atoms with Crippen LogP contribution in [0.1, 0.15) is 38.3 Å². The molecule has 0 saturated carbocycles. The second kappa shape index (κ2) is 13.9. The van der Waals surface area contributed by atoms with Gasteiger partial charge in [-0.05, 0) is 60.4 Å². The van der Waals surface area contributed by atoms with Crippen LogP contribution in [0.4, 0.5) is 0 Å². The van der Waals surface area contributed by atoms with E-state index in [1.54, 1.807) is 47.4 Å². The lowest BCUT2D eigenvalue weighted by Gasteiger charge is -2.24. The minimum Gasteiger partial charge on any atom is -0.493 e. The van der Waals surface area contributed by atoms with Crippen LogP contribution in [-0.4, -0.2) is 49.8 Å². The Balaban J connectivity index is 1.56. The van der Waals surface area contributed by atoms with E-state index in [-0.39, 0.29) is 17.2 Å². The van der Waals surface area contributed by atoms with Gasteiger partial charge >= 0.3 is 5.97 Å². The van der Waals surface area contributed by atoms with E-state index in [2.05, 4.69) is 12.1 Å². The molecule has 41 heavy (non-hydrogen) atoms. The molecule has 0 fully saturated rings. The highest BCUT2D eigenvalue weighted by atomic mass is 16.5. The molecule has 0 aliphatic carbocycles. The maximum Gasteiger partial charge on any atom is 0.339 e. The van der Waals surface area contributed by atoms with Gasteiger partial charge in [-0.25, -0.2) is 4.79 Å². The van der Waals surface area contributed by atoms with Crippen molar-refractivity contribution in [3.63, 3.8) is 0 Å². The van der Waals surface area contributed by atoms with Crippen molar-refractivity contribution in [2.45, 2.75) is 19.4 Å². The van der Waals surface area contributed by atoms with Gasteiger partial charge in [-0.3, -0.25) is 4.79 Å². The number of hydrogen-bond acceptors (Lipinski definition) is 6. The lowest BCUT2D eigenvalue weighted by atomic mass is 10.1. The summed E-state index contributed by atoms with van der Waals surface area (Å²) >= 11 is 0. The van der Waals surface area contributed by atoms with Gasteiger partial charge in [0.2, 0.25) is 5.75 Å². The molecule has 0 aliphatic rings. The second-order valence-corrected chi connectivity index (χ2v) is 9.28. The van der Waals surface area contributed by atoms with Crippen molar-refractivity contribution in [3.05, 3.63) is 113 Å².